The van der Waals surface area contributed by atoms with Gasteiger partial charge in [-0.15, -0.1) is 0 Å². The predicted molar refractivity (Wildman–Crippen MR) is 99.1 cm³/mol. The summed E-state index contributed by atoms with van der Waals surface area (Å²) in [4.78, 5) is 12.6. The number of hydrogen-bond donors (Lipinski definition) is 1. The van der Waals surface area contributed by atoms with E-state index < -0.39 is 0 Å². The second-order valence-corrected chi connectivity index (χ2v) is 5.66. The maximum Gasteiger partial charge on any atom is 0.259 e. The fourth-order valence-electron chi connectivity index (χ4n) is 2.54. The highest BCUT2D eigenvalue weighted by atomic mass is 16.5. The van der Waals surface area contributed by atoms with Crippen molar-refractivity contribution in [3.63, 3.8) is 0 Å². The van der Waals surface area contributed by atoms with Crippen LogP contribution in [0.5, 0.6) is 17.2 Å². The van der Waals surface area contributed by atoms with Gasteiger partial charge in [0.15, 0.2) is 11.5 Å². The van der Waals surface area contributed by atoms with E-state index in [1.54, 1.807) is 12.1 Å². The second kappa shape index (κ2) is 8.97. The number of unbranched alkanes of at least 4 members (excludes halogenated alkanes) is 1. The number of amides is 1. The first-order valence-electron chi connectivity index (χ1n) is 8.33. The number of rotatable bonds is 8. The van der Waals surface area contributed by atoms with Crippen molar-refractivity contribution >= 4 is 11.6 Å². The molecular formula is C20H25NO4. The second-order valence-electron chi connectivity index (χ2n) is 5.66. The maximum absolute atomic E-state index is 12.6. The Kier molecular flexibility index (Phi) is 6.69. The van der Waals surface area contributed by atoms with Crippen molar-refractivity contribution in [3.05, 3.63) is 47.5 Å². The van der Waals surface area contributed by atoms with Gasteiger partial charge in [0, 0.05) is 17.8 Å². The van der Waals surface area contributed by atoms with Crippen molar-refractivity contribution < 1.29 is 19.0 Å². The molecule has 0 fully saturated rings. The summed E-state index contributed by atoms with van der Waals surface area (Å²) >= 11 is 0. The smallest absolute Gasteiger partial charge is 0.259 e. The first-order valence-corrected chi connectivity index (χ1v) is 8.33. The number of aryl methyl sites for hydroxylation is 1. The molecule has 0 aliphatic rings. The molecule has 134 valence electrons. The van der Waals surface area contributed by atoms with Gasteiger partial charge < -0.3 is 19.5 Å². The molecule has 5 nitrogen and oxygen atoms in total. The molecule has 5 heteroatoms. The summed E-state index contributed by atoms with van der Waals surface area (Å²) in [7, 11) is 4.58. The fraction of sp³-hybridized carbons (Fsp3) is 0.350. The zero-order valence-corrected chi connectivity index (χ0v) is 15.2. The summed E-state index contributed by atoms with van der Waals surface area (Å²) in [6.07, 6.45) is 3.38. The Hall–Kier alpha value is -2.69. The molecule has 0 atom stereocenters. The fourth-order valence-corrected chi connectivity index (χ4v) is 2.54. The zero-order chi connectivity index (χ0) is 18.2. The van der Waals surface area contributed by atoms with Gasteiger partial charge >= 0.3 is 0 Å². The average Bonchev–Trinajstić information content (AvgIpc) is 2.66. The number of carbonyl (C=O) groups excluding carboxylic acids is 1. The molecule has 2 aromatic carbocycles. The third-order valence-electron chi connectivity index (χ3n) is 3.98. The molecule has 0 saturated carbocycles. The molecule has 0 unspecified atom stereocenters. The normalized spacial score (nSPS) is 10.2. The van der Waals surface area contributed by atoms with Crippen LogP contribution in [-0.4, -0.2) is 27.2 Å². The Morgan fingerprint density at radius 2 is 1.52 bits per heavy atom. The van der Waals surface area contributed by atoms with E-state index in [0.717, 1.165) is 24.9 Å². The van der Waals surface area contributed by atoms with Crippen LogP contribution >= 0.6 is 0 Å². The highest BCUT2D eigenvalue weighted by Crippen LogP contribution is 2.34. The van der Waals surface area contributed by atoms with Gasteiger partial charge in [-0.2, -0.15) is 0 Å². The first kappa shape index (κ1) is 18.6. The van der Waals surface area contributed by atoms with E-state index >= 15 is 0 Å². The van der Waals surface area contributed by atoms with Crippen molar-refractivity contribution in [1.82, 2.24) is 0 Å². The van der Waals surface area contributed by atoms with Gasteiger partial charge in [-0.05, 0) is 30.5 Å². The SMILES string of the molecule is CCCCc1ccc(NC(=O)c2cc(OC)c(OC)cc2OC)cc1. The largest absolute Gasteiger partial charge is 0.496 e. The summed E-state index contributed by atoms with van der Waals surface area (Å²) < 4.78 is 15.8. The molecule has 0 bridgehead atoms. The number of ether oxygens (including phenoxy) is 3. The molecule has 0 radical (unpaired) electrons. The van der Waals surface area contributed by atoms with Crippen LogP contribution in [0.4, 0.5) is 5.69 Å². The number of nitrogens with one attached hydrogen (secondary N) is 1. The number of hydrogen-bond acceptors (Lipinski definition) is 4. The molecule has 0 spiro atoms. The molecule has 0 aliphatic heterocycles. The Morgan fingerprint density at radius 3 is 2.08 bits per heavy atom. The predicted octanol–water partition coefficient (Wildman–Crippen LogP) is 4.31. The first-order chi connectivity index (χ1) is 12.1. The maximum atomic E-state index is 12.6. The third kappa shape index (κ3) is 4.66. The monoisotopic (exact) mass is 343 g/mol. The lowest BCUT2D eigenvalue weighted by Gasteiger charge is -2.14. The number of anilines is 1. The van der Waals surface area contributed by atoms with Crippen LogP contribution in [0.2, 0.25) is 0 Å². The molecule has 2 aromatic rings. The van der Waals surface area contributed by atoms with E-state index in [1.165, 1.54) is 26.9 Å². The molecule has 0 aromatic heterocycles. The molecule has 1 N–H and O–H groups in total. The van der Waals surface area contributed by atoms with E-state index in [9.17, 15) is 4.79 Å². The quantitative estimate of drug-likeness (QED) is 0.776. The summed E-state index contributed by atoms with van der Waals surface area (Å²) in [6.45, 7) is 2.17. The highest BCUT2D eigenvalue weighted by Gasteiger charge is 2.17. The minimum Gasteiger partial charge on any atom is -0.496 e. The molecule has 2 rings (SSSR count). The molecule has 25 heavy (non-hydrogen) atoms. The van der Waals surface area contributed by atoms with Crippen molar-refractivity contribution in [2.45, 2.75) is 26.2 Å². The lowest BCUT2D eigenvalue weighted by atomic mass is 10.1. The van der Waals surface area contributed by atoms with Gasteiger partial charge in [0.05, 0.1) is 26.9 Å². The van der Waals surface area contributed by atoms with Crippen LogP contribution < -0.4 is 19.5 Å². The third-order valence-corrected chi connectivity index (χ3v) is 3.98. The van der Waals surface area contributed by atoms with E-state index in [2.05, 4.69) is 12.2 Å². The summed E-state index contributed by atoms with van der Waals surface area (Å²) in [6, 6.07) is 11.2. The number of carbonyl (C=O) groups is 1. The number of methoxy groups -OCH3 is 3. The van der Waals surface area contributed by atoms with Crippen molar-refractivity contribution in [2.75, 3.05) is 26.6 Å². The summed E-state index contributed by atoms with van der Waals surface area (Å²) in [5.74, 6) is 1.15. The van der Waals surface area contributed by atoms with Crippen LogP contribution in [0.1, 0.15) is 35.7 Å². The van der Waals surface area contributed by atoms with Gasteiger partial charge in [-0.25, -0.2) is 0 Å². The van der Waals surface area contributed by atoms with Gasteiger partial charge in [-0.3, -0.25) is 4.79 Å². The van der Waals surface area contributed by atoms with Gasteiger partial charge in [-0.1, -0.05) is 25.5 Å². The van der Waals surface area contributed by atoms with Crippen LogP contribution in [-0.2, 0) is 6.42 Å². The van der Waals surface area contributed by atoms with E-state index in [4.69, 9.17) is 14.2 Å². The Bertz CT molecular complexity index is 710. The summed E-state index contributed by atoms with van der Waals surface area (Å²) in [5, 5.41) is 2.89. The van der Waals surface area contributed by atoms with E-state index in [-0.39, 0.29) is 5.91 Å². The lowest BCUT2D eigenvalue weighted by molar-refractivity contribution is 0.102. The zero-order valence-electron chi connectivity index (χ0n) is 15.2. The average molecular weight is 343 g/mol. The van der Waals surface area contributed by atoms with Crippen molar-refractivity contribution in [2.24, 2.45) is 0 Å². The molecular weight excluding hydrogens is 318 g/mol. The Morgan fingerprint density at radius 1 is 0.920 bits per heavy atom. The minimum absolute atomic E-state index is 0.265. The van der Waals surface area contributed by atoms with Crippen LogP contribution in [0.15, 0.2) is 36.4 Å². The standard InChI is InChI=1S/C20H25NO4/c1-5-6-7-14-8-10-15(11-9-14)21-20(22)16-12-18(24-3)19(25-4)13-17(16)23-2/h8-13H,5-7H2,1-4H3,(H,21,22). The van der Waals surface area contributed by atoms with Gasteiger partial charge in [0.25, 0.3) is 5.91 Å². The minimum atomic E-state index is -0.265. The van der Waals surface area contributed by atoms with Crippen molar-refractivity contribution in [3.8, 4) is 17.2 Å². The molecule has 1 amide bonds. The molecule has 0 aliphatic carbocycles. The summed E-state index contributed by atoms with van der Waals surface area (Å²) in [5.41, 5.74) is 2.39. The van der Waals surface area contributed by atoms with E-state index in [1.807, 2.05) is 24.3 Å². The molecule has 0 saturated heterocycles. The van der Waals surface area contributed by atoms with Crippen LogP contribution in [0.3, 0.4) is 0 Å². The van der Waals surface area contributed by atoms with Crippen LogP contribution in [0.25, 0.3) is 0 Å². The van der Waals surface area contributed by atoms with Crippen molar-refractivity contribution in [1.29, 1.82) is 0 Å². The molecule has 0 heterocycles. The Balaban J connectivity index is 2.19. The van der Waals surface area contributed by atoms with Crippen LogP contribution in [0, 0.1) is 0 Å². The number of benzene rings is 2. The van der Waals surface area contributed by atoms with Gasteiger partial charge in [0.1, 0.15) is 5.75 Å². The highest BCUT2D eigenvalue weighted by molar-refractivity contribution is 6.06. The lowest BCUT2D eigenvalue weighted by Crippen LogP contribution is -2.13. The topological polar surface area (TPSA) is 56.8 Å². The Labute approximate surface area is 148 Å². The van der Waals surface area contributed by atoms with Gasteiger partial charge in [0.2, 0.25) is 0 Å². The van der Waals surface area contributed by atoms with E-state index in [0.29, 0.717) is 22.8 Å².